The second-order valence-electron chi connectivity index (χ2n) is 6.76. The fraction of sp³-hybridized carbons (Fsp3) is 0.130. The SMILES string of the molecule is CCc1cc(SCc2nnc(-c3ccccc3)o2)n2c(nc3ccccc32)c1C#N. The van der Waals surface area contributed by atoms with E-state index in [2.05, 4.69) is 22.3 Å². The van der Waals surface area contributed by atoms with Gasteiger partial charge < -0.3 is 4.42 Å². The first-order valence-corrected chi connectivity index (χ1v) is 10.6. The molecule has 0 unspecified atom stereocenters. The van der Waals surface area contributed by atoms with E-state index in [0.717, 1.165) is 33.6 Å². The molecule has 6 nitrogen and oxygen atoms in total. The molecule has 0 aliphatic heterocycles. The number of nitrogens with zero attached hydrogens (tertiary/aromatic N) is 5. The highest BCUT2D eigenvalue weighted by molar-refractivity contribution is 7.98. The van der Waals surface area contributed by atoms with Crippen molar-refractivity contribution in [2.45, 2.75) is 24.1 Å². The van der Waals surface area contributed by atoms with Crippen LogP contribution in [0.25, 0.3) is 28.1 Å². The Morgan fingerprint density at radius 3 is 2.67 bits per heavy atom. The Labute approximate surface area is 177 Å². The first kappa shape index (κ1) is 18.4. The molecule has 7 heteroatoms. The Morgan fingerprint density at radius 1 is 1.07 bits per heavy atom. The number of aromatic nitrogens is 4. The molecule has 0 aliphatic rings. The molecule has 0 saturated heterocycles. The van der Waals surface area contributed by atoms with Gasteiger partial charge in [0.15, 0.2) is 5.65 Å². The van der Waals surface area contributed by atoms with Gasteiger partial charge in [-0.15, -0.1) is 10.2 Å². The van der Waals surface area contributed by atoms with Gasteiger partial charge in [-0.05, 0) is 42.3 Å². The molecule has 0 bridgehead atoms. The molecule has 0 aliphatic carbocycles. The minimum atomic E-state index is 0.513. The van der Waals surface area contributed by atoms with Crippen molar-refractivity contribution in [1.82, 2.24) is 19.6 Å². The molecule has 3 heterocycles. The van der Waals surface area contributed by atoms with Crippen LogP contribution >= 0.6 is 11.8 Å². The third-order valence-electron chi connectivity index (χ3n) is 4.95. The second kappa shape index (κ2) is 7.65. The maximum absolute atomic E-state index is 9.74. The summed E-state index contributed by atoms with van der Waals surface area (Å²) >= 11 is 1.60. The van der Waals surface area contributed by atoms with Crippen molar-refractivity contribution in [1.29, 1.82) is 5.26 Å². The molecule has 0 fully saturated rings. The van der Waals surface area contributed by atoms with Gasteiger partial charge in [-0.1, -0.05) is 49.0 Å². The summed E-state index contributed by atoms with van der Waals surface area (Å²) in [5, 5.41) is 19.1. The summed E-state index contributed by atoms with van der Waals surface area (Å²) in [5.41, 5.74) is 5.05. The van der Waals surface area contributed by atoms with Crippen molar-refractivity contribution in [3.8, 4) is 17.5 Å². The van der Waals surface area contributed by atoms with Crippen molar-refractivity contribution in [2.75, 3.05) is 0 Å². The van der Waals surface area contributed by atoms with Gasteiger partial charge >= 0.3 is 0 Å². The number of para-hydroxylation sites is 2. The maximum Gasteiger partial charge on any atom is 0.247 e. The van der Waals surface area contributed by atoms with E-state index in [9.17, 15) is 5.26 Å². The van der Waals surface area contributed by atoms with Gasteiger partial charge in [0.1, 0.15) is 6.07 Å². The van der Waals surface area contributed by atoms with Gasteiger partial charge in [0, 0.05) is 5.56 Å². The number of hydrogen-bond donors (Lipinski definition) is 0. The molecular weight excluding hydrogens is 394 g/mol. The molecule has 0 radical (unpaired) electrons. The number of pyridine rings is 1. The van der Waals surface area contributed by atoms with Gasteiger partial charge in [0.05, 0.1) is 27.4 Å². The molecule has 0 saturated carbocycles. The lowest BCUT2D eigenvalue weighted by Gasteiger charge is -2.10. The lowest BCUT2D eigenvalue weighted by Crippen LogP contribution is -1.99. The summed E-state index contributed by atoms with van der Waals surface area (Å²) < 4.78 is 7.90. The average molecular weight is 411 g/mol. The van der Waals surface area contributed by atoms with Gasteiger partial charge in [0.2, 0.25) is 11.8 Å². The van der Waals surface area contributed by atoms with Crippen LogP contribution in [-0.4, -0.2) is 19.6 Å². The summed E-state index contributed by atoms with van der Waals surface area (Å²) in [4.78, 5) is 4.73. The largest absolute Gasteiger partial charge is 0.420 e. The highest BCUT2D eigenvalue weighted by Crippen LogP contribution is 2.31. The van der Waals surface area contributed by atoms with E-state index in [4.69, 9.17) is 9.40 Å². The topological polar surface area (TPSA) is 80.0 Å². The summed E-state index contributed by atoms with van der Waals surface area (Å²) in [7, 11) is 0. The average Bonchev–Trinajstić information content (AvgIpc) is 3.42. The normalized spacial score (nSPS) is 11.2. The van der Waals surface area contributed by atoms with Crippen molar-refractivity contribution >= 4 is 28.4 Å². The maximum atomic E-state index is 9.74. The van der Waals surface area contributed by atoms with Crippen LogP contribution < -0.4 is 0 Å². The quantitative estimate of drug-likeness (QED) is 0.367. The Bertz CT molecular complexity index is 1400. The molecule has 0 atom stereocenters. The Morgan fingerprint density at radius 2 is 1.87 bits per heavy atom. The lowest BCUT2D eigenvalue weighted by atomic mass is 10.1. The van der Waals surface area contributed by atoms with Crippen LogP contribution in [-0.2, 0) is 12.2 Å². The van der Waals surface area contributed by atoms with Crippen molar-refractivity contribution < 1.29 is 4.42 Å². The zero-order valence-electron chi connectivity index (χ0n) is 16.2. The van der Waals surface area contributed by atoms with Crippen LogP contribution in [0.5, 0.6) is 0 Å². The molecule has 0 amide bonds. The van der Waals surface area contributed by atoms with Gasteiger partial charge in [-0.2, -0.15) is 5.26 Å². The molecular formula is C23H17N5OS. The zero-order valence-corrected chi connectivity index (χ0v) is 17.1. The fourth-order valence-electron chi connectivity index (χ4n) is 3.50. The van der Waals surface area contributed by atoms with E-state index >= 15 is 0 Å². The van der Waals surface area contributed by atoms with Crippen LogP contribution in [0.3, 0.4) is 0 Å². The predicted octanol–water partition coefficient (Wildman–Crippen LogP) is 5.26. The van der Waals surface area contributed by atoms with E-state index in [-0.39, 0.29) is 0 Å². The van der Waals surface area contributed by atoms with E-state index in [0.29, 0.717) is 28.7 Å². The summed E-state index contributed by atoms with van der Waals surface area (Å²) in [6.07, 6.45) is 0.759. The Balaban J connectivity index is 1.55. The smallest absolute Gasteiger partial charge is 0.247 e. The number of thioether (sulfide) groups is 1. The second-order valence-corrected chi connectivity index (χ2v) is 7.76. The lowest BCUT2D eigenvalue weighted by molar-refractivity contribution is 0.528. The number of hydrogen-bond acceptors (Lipinski definition) is 6. The molecule has 5 rings (SSSR count). The van der Waals surface area contributed by atoms with Gasteiger partial charge in [0.25, 0.3) is 0 Å². The molecule has 0 spiro atoms. The Hall–Kier alpha value is -3.63. The third-order valence-corrected chi connectivity index (χ3v) is 5.93. The van der Waals surface area contributed by atoms with Crippen LogP contribution in [0.4, 0.5) is 0 Å². The van der Waals surface area contributed by atoms with E-state index < -0.39 is 0 Å². The number of aryl methyl sites for hydroxylation is 1. The fourth-order valence-corrected chi connectivity index (χ4v) is 4.43. The standard InChI is InChI=1S/C23H17N5OS/c1-2-15-12-21(28-19-11-7-6-10-18(19)25-22(28)17(15)13-24)30-14-20-26-27-23(29-20)16-8-4-3-5-9-16/h3-12H,2,14H2,1H3. The third kappa shape index (κ3) is 3.11. The molecule has 2 aromatic carbocycles. The Kier molecular flexibility index (Phi) is 4.69. The summed E-state index contributed by atoms with van der Waals surface area (Å²) in [6.45, 7) is 2.05. The zero-order chi connectivity index (χ0) is 20.5. The van der Waals surface area contributed by atoms with Crippen molar-refractivity contribution in [3.63, 3.8) is 0 Å². The first-order valence-electron chi connectivity index (χ1n) is 9.62. The van der Waals surface area contributed by atoms with Crippen LogP contribution in [0.1, 0.15) is 23.9 Å². The number of rotatable bonds is 5. The highest BCUT2D eigenvalue weighted by Gasteiger charge is 2.17. The summed E-state index contributed by atoms with van der Waals surface area (Å²) in [5.74, 6) is 1.59. The summed E-state index contributed by atoms with van der Waals surface area (Å²) in [6, 6.07) is 22.1. The van der Waals surface area contributed by atoms with E-state index in [1.807, 2.05) is 65.9 Å². The predicted molar refractivity (Wildman–Crippen MR) is 116 cm³/mol. The minimum Gasteiger partial charge on any atom is -0.420 e. The minimum absolute atomic E-state index is 0.513. The monoisotopic (exact) mass is 411 g/mol. The van der Waals surface area contributed by atoms with Crippen LogP contribution in [0, 0.1) is 11.3 Å². The molecule has 30 heavy (non-hydrogen) atoms. The number of fused-ring (bicyclic) bond motifs is 3. The molecule has 0 N–H and O–H groups in total. The molecule has 3 aromatic heterocycles. The van der Waals surface area contributed by atoms with Crippen molar-refractivity contribution in [2.24, 2.45) is 0 Å². The first-order chi connectivity index (χ1) is 14.8. The van der Waals surface area contributed by atoms with E-state index in [1.165, 1.54) is 0 Å². The number of imidazole rings is 1. The molecule has 146 valence electrons. The number of benzene rings is 2. The van der Waals surface area contributed by atoms with Gasteiger partial charge in [-0.3, -0.25) is 4.40 Å². The number of nitriles is 1. The highest BCUT2D eigenvalue weighted by atomic mass is 32.2. The molecule has 5 aromatic rings. The van der Waals surface area contributed by atoms with Gasteiger partial charge in [-0.25, -0.2) is 4.98 Å². The van der Waals surface area contributed by atoms with E-state index in [1.54, 1.807) is 11.8 Å². The van der Waals surface area contributed by atoms with Crippen LogP contribution in [0.15, 0.2) is 70.1 Å². The van der Waals surface area contributed by atoms with Crippen molar-refractivity contribution in [3.05, 3.63) is 77.7 Å². The van der Waals surface area contributed by atoms with Crippen LogP contribution in [0.2, 0.25) is 0 Å².